The molecule has 6 nitrogen and oxygen atoms in total. The third kappa shape index (κ3) is 6.34. The summed E-state index contributed by atoms with van der Waals surface area (Å²) in [5, 5.41) is 10.3. The van der Waals surface area contributed by atoms with Crippen LogP contribution in [-0.2, 0) is 4.74 Å². The van der Waals surface area contributed by atoms with Gasteiger partial charge in [0.15, 0.2) is 0 Å². The summed E-state index contributed by atoms with van der Waals surface area (Å²) < 4.78 is 10.8. The van der Waals surface area contributed by atoms with E-state index >= 15 is 0 Å². The zero-order valence-corrected chi connectivity index (χ0v) is 17.0. The predicted molar refractivity (Wildman–Crippen MR) is 104 cm³/mol. The molecular formula is C19H31ClN2O4. The van der Waals surface area contributed by atoms with Crippen LogP contribution in [0.5, 0.6) is 5.75 Å². The Morgan fingerprint density at radius 2 is 1.85 bits per heavy atom. The Labute approximate surface area is 162 Å². The molecule has 1 aromatic carbocycles. The van der Waals surface area contributed by atoms with Gasteiger partial charge in [0.05, 0.1) is 6.61 Å². The van der Waals surface area contributed by atoms with Crippen molar-refractivity contribution >= 4 is 18.5 Å². The Morgan fingerprint density at radius 1 is 1.19 bits per heavy atom. The van der Waals surface area contributed by atoms with Crippen molar-refractivity contribution in [1.29, 1.82) is 0 Å². The summed E-state index contributed by atoms with van der Waals surface area (Å²) in [5.74, 6) is 0.837. The molecule has 2 rings (SSSR count). The van der Waals surface area contributed by atoms with Crippen molar-refractivity contribution in [3.63, 3.8) is 0 Å². The number of ether oxygens (including phenoxy) is 2. The first-order chi connectivity index (χ1) is 11.9. The molecule has 1 aliphatic rings. The molecule has 7 heteroatoms. The fourth-order valence-electron chi connectivity index (χ4n) is 3.02. The van der Waals surface area contributed by atoms with E-state index in [4.69, 9.17) is 9.47 Å². The number of piperazine rings is 1. The fourth-order valence-corrected chi connectivity index (χ4v) is 3.02. The summed E-state index contributed by atoms with van der Waals surface area (Å²) in [6.07, 6.45) is -0.814. The SMILES string of the molecule is CCOC(=O)N1CCN(CC(O)COc2cc(C)cc(C)c2C)CC1.Cl. The number of aliphatic hydroxyl groups is 1. The van der Waals surface area contributed by atoms with Gasteiger partial charge in [0, 0.05) is 32.7 Å². The Kier molecular flexibility index (Phi) is 9.19. The van der Waals surface area contributed by atoms with E-state index in [9.17, 15) is 9.90 Å². The minimum Gasteiger partial charge on any atom is -0.491 e. The molecule has 1 aliphatic heterocycles. The third-order valence-electron chi connectivity index (χ3n) is 4.56. The zero-order chi connectivity index (χ0) is 18.4. The molecule has 0 bridgehead atoms. The summed E-state index contributed by atoms with van der Waals surface area (Å²) in [5.41, 5.74) is 3.46. The first-order valence-electron chi connectivity index (χ1n) is 8.93. The summed E-state index contributed by atoms with van der Waals surface area (Å²) in [6.45, 7) is 11.9. The van der Waals surface area contributed by atoms with Gasteiger partial charge in [0.1, 0.15) is 18.5 Å². The van der Waals surface area contributed by atoms with Crippen molar-refractivity contribution in [3.8, 4) is 5.75 Å². The number of aryl methyl sites for hydroxylation is 2. The average Bonchev–Trinajstić information content (AvgIpc) is 2.57. The molecule has 0 aromatic heterocycles. The van der Waals surface area contributed by atoms with Crippen LogP contribution in [0.2, 0.25) is 0 Å². The maximum absolute atomic E-state index is 11.7. The Bertz CT molecular complexity index is 589. The van der Waals surface area contributed by atoms with Gasteiger partial charge in [-0.25, -0.2) is 4.79 Å². The van der Waals surface area contributed by atoms with E-state index in [1.807, 2.05) is 26.8 Å². The minimum atomic E-state index is -0.561. The maximum atomic E-state index is 11.7. The monoisotopic (exact) mass is 386 g/mol. The van der Waals surface area contributed by atoms with Crippen LogP contribution in [0.15, 0.2) is 12.1 Å². The number of benzene rings is 1. The number of hydrogen-bond donors (Lipinski definition) is 1. The van der Waals surface area contributed by atoms with E-state index in [0.29, 0.717) is 26.2 Å². The van der Waals surface area contributed by atoms with Gasteiger partial charge in [-0.2, -0.15) is 0 Å². The van der Waals surface area contributed by atoms with Crippen molar-refractivity contribution in [1.82, 2.24) is 9.80 Å². The molecule has 1 saturated heterocycles. The van der Waals surface area contributed by atoms with Crippen LogP contribution in [0.1, 0.15) is 23.6 Å². The molecule has 1 heterocycles. The van der Waals surface area contributed by atoms with Crippen LogP contribution in [0.25, 0.3) is 0 Å². The highest BCUT2D eigenvalue weighted by Crippen LogP contribution is 2.23. The molecule has 0 radical (unpaired) electrons. The van der Waals surface area contributed by atoms with Crippen molar-refractivity contribution in [3.05, 3.63) is 28.8 Å². The van der Waals surface area contributed by atoms with Crippen molar-refractivity contribution in [2.24, 2.45) is 0 Å². The first kappa shape index (κ1) is 22.5. The number of carbonyl (C=O) groups excluding carboxylic acids is 1. The number of rotatable bonds is 6. The van der Waals surface area contributed by atoms with Crippen LogP contribution in [-0.4, -0.2) is 73.0 Å². The Balaban J connectivity index is 0.00000338. The average molecular weight is 387 g/mol. The van der Waals surface area contributed by atoms with Crippen LogP contribution in [0.3, 0.4) is 0 Å². The lowest BCUT2D eigenvalue weighted by Crippen LogP contribution is -2.51. The number of carbonyl (C=O) groups is 1. The smallest absolute Gasteiger partial charge is 0.409 e. The second-order valence-corrected chi connectivity index (χ2v) is 6.66. The summed E-state index contributed by atoms with van der Waals surface area (Å²) in [7, 11) is 0. The summed E-state index contributed by atoms with van der Waals surface area (Å²) >= 11 is 0. The lowest BCUT2D eigenvalue weighted by Gasteiger charge is -2.34. The molecule has 1 unspecified atom stereocenters. The second kappa shape index (κ2) is 10.6. The molecule has 26 heavy (non-hydrogen) atoms. The van der Waals surface area contributed by atoms with Crippen LogP contribution < -0.4 is 4.74 Å². The maximum Gasteiger partial charge on any atom is 0.409 e. The van der Waals surface area contributed by atoms with Gasteiger partial charge >= 0.3 is 6.09 Å². The highest BCUT2D eigenvalue weighted by Gasteiger charge is 2.23. The number of halogens is 1. The Hall–Kier alpha value is -1.50. The molecule has 1 atom stereocenters. The molecule has 1 fully saturated rings. The normalized spacial score (nSPS) is 16.0. The topological polar surface area (TPSA) is 62.2 Å². The molecule has 0 spiro atoms. The van der Waals surface area contributed by atoms with E-state index in [-0.39, 0.29) is 25.1 Å². The van der Waals surface area contributed by atoms with Gasteiger partial charge in [-0.1, -0.05) is 6.07 Å². The lowest BCUT2D eigenvalue weighted by molar-refractivity contribution is 0.0406. The Morgan fingerprint density at radius 3 is 2.46 bits per heavy atom. The van der Waals surface area contributed by atoms with Gasteiger partial charge in [0.2, 0.25) is 0 Å². The van der Waals surface area contributed by atoms with E-state index in [2.05, 4.69) is 17.9 Å². The highest BCUT2D eigenvalue weighted by atomic mass is 35.5. The van der Waals surface area contributed by atoms with Crippen molar-refractivity contribution in [2.45, 2.75) is 33.8 Å². The molecule has 0 saturated carbocycles. The van der Waals surface area contributed by atoms with Gasteiger partial charge in [-0.15, -0.1) is 12.4 Å². The molecule has 1 amide bonds. The summed E-state index contributed by atoms with van der Waals surface area (Å²) in [6, 6.07) is 4.13. The molecular weight excluding hydrogens is 356 g/mol. The molecule has 1 N–H and O–H groups in total. The van der Waals surface area contributed by atoms with E-state index in [0.717, 1.165) is 30.0 Å². The van der Waals surface area contributed by atoms with E-state index in [1.165, 1.54) is 5.56 Å². The first-order valence-corrected chi connectivity index (χ1v) is 8.93. The van der Waals surface area contributed by atoms with Crippen molar-refractivity contribution in [2.75, 3.05) is 45.9 Å². The van der Waals surface area contributed by atoms with Gasteiger partial charge < -0.3 is 19.5 Å². The number of amides is 1. The molecule has 148 valence electrons. The lowest BCUT2D eigenvalue weighted by atomic mass is 10.1. The highest BCUT2D eigenvalue weighted by molar-refractivity contribution is 5.85. The van der Waals surface area contributed by atoms with Crippen LogP contribution >= 0.6 is 12.4 Å². The number of nitrogens with zero attached hydrogens (tertiary/aromatic N) is 2. The third-order valence-corrected chi connectivity index (χ3v) is 4.56. The number of β-amino-alcohol motifs (C(OH)–C–C–N with tert-alkyl or cyclic N) is 1. The second-order valence-electron chi connectivity index (χ2n) is 6.66. The van der Waals surface area contributed by atoms with Gasteiger partial charge in [-0.05, 0) is 50.5 Å². The zero-order valence-electron chi connectivity index (χ0n) is 16.2. The number of aliphatic hydroxyl groups excluding tert-OH is 1. The standard InChI is InChI=1S/C19H30N2O4.ClH/c1-5-24-19(23)21-8-6-20(7-9-21)12-17(22)13-25-18-11-14(2)10-15(3)16(18)4;/h10-11,17,22H,5-9,12-13H2,1-4H3;1H. The predicted octanol–water partition coefficient (Wildman–Crippen LogP) is 2.55. The summed E-state index contributed by atoms with van der Waals surface area (Å²) in [4.78, 5) is 15.5. The number of hydrogen-bond acceptors (Lipinski definition) is 5. The quantitative estimate of drug-likeness (QED) is 0.814. The van der Waals surface area contributed by atoms with Gasteiger partial charge in [-0.3, -0.25) is 4.90 Å². The molecule has 0 aliphatic carbocycles. The van der Waals surface area contributed by atoms with E-state index < -0.39 is 6.10 Å². The van der Waals surface area contributed by atoms with Crippen molar-refractivity contribution < 1.29 is 19.4 Å². The minimum absolute atomic E-state index is 0. The van der Waals surface area contributed by atoms with Crippen LogP contribution in [0, 0.1) is 20.8 Å². The van der Waals surface area contributed by atoms with Crippen LogP contribution in [0.4, 0.5) is 4.79 Å². The fraction of sp³-hybridized carbons (Fsp3) is 0.632. The van der Waals surface area contributed by atoms with E-state index in [1.54, 1.807) is 4.90 Å². The largest absolute Gasteiger partial charge is 0.491 e. The van der Waals surface area contributed by atoms with Gasteiger partial charge in [0.25, 0.3) is 0 Å². The molecule has 1 aromatic rings.